The number of hydrogen-bond acceptors (Lipinski definition) is 4. The molecule has 1 N–H and O–H groups in total. The fourth-order valence-electron chi connectivity index (χ4n) is 4.50. The third-order valence-electron chi connectivity index (χ3n) is 6.26. The van der Waals surface area contributed by atoms with Crippen LogP contribution in [0.3, 0.4) is 0 Å². The number of aliphatic carboxylic acids is 1. The summed E-state index contributed by atoms with van der Waals surface area (Å²) < 4.78 is 5.62. The minimum atomic E-state index is -1.02. The van der Waals surface area contributed by atoms with Crippen molar-refractivity contribution in [3.05, 3.63) is 89.7 Å². The van der Waals surface area contributed by atoms with E-state index in [2.05, 4.69) is 29.2 Å². The normalized spacial score (nSPS) is 13.1. The van der Waals surface area contributed by atoms with Crippen LogP contribution in [-0.4, -0.2) is 46.7 Å². The number of rotatable bonds is 9. The van der Waals surface area contributed by atoms with Gasteiger partial charge in [0.1, 0.15) is 12.6 Å². The van der Waals surface area contributed by atoms with Crippen molar-refractivity contribution in [2.45, 2.75) is 37.6 Å². The molecular weight excluding hydrogens is 416 g/mol. The molecule has 170 valence electrons. The van der Waals surface area contributed by atoms with Crippen LogP contribution in [0, 0.1) is 0 Å². The predicted octanol–water partition coefficient (Wildman–Crippen LogP) is 5.13. The van der Waals surface area contributed by atoms with Gasteiger partial charge in [-0.2, -0.15) is 0 Å². The van der Waals surface area contributed by atoms with Gasteiger partial charge in [-0.1, -0.05) is 61.0 Å². The number of benzene rings is 2. The van der Waals surface area contributed by atoms with Gasteiger partial charge in [0, 0.05) is 24.9 Å². The second-order valence-corrected chi connectivity index (χ2v) is 8.34. The van der Waals surface area contributed by atoms with Crippen molar-refractivity contribution in [3.63, 3.8) is 0 Å². The van der Waals surface area contributed by atoms with Crippen LogP contribution in [-0.2, 0) is 16.0 Å². The molecule has 0 spiro atoms. The summed E-state index contributed by atoms with van der Waals surface area (Å²) >= 11 is 0. The highest BCUT2D eigenvalue weighted by molar-refractivity contribution is 5.81. The fraction of sp³-hybridized carbons (Fsp3) is 0.296. The summed E-state index contributed by atoms with van der Waals surface area (Å²) in [7, 11) is 1.50. The van der Waals surface area contributed by atoms with Gasteiger partial charge < -0.3 is 9.84 Å². The number of aromatic nitrogens is 1. The van der Waals surface area contributed by atoms with Gasteiger partial charge in [-0.3, -0.25) is 9.88 Å². The number of hydrogen-bond donors (Lipinski definition) is 1. The summed E-state index contributed by atoms with van der Waals surface area (Å²) in [5.41, 5.74) is 5.53. The maximum atomic E-state index is 12.8. The van der Waals surface area contributed by atoms with E-state index in [-0.39, 0.29) is 12.5 Å². The molecule has 4 rings (SSSR count). The number of carboxylic acids is 1. The third kappa shape index (κ3) is 5.06. The molecule has 1 atom stereocenters. The monoisotopic (exact) mass is 444 g/mol. The number of carbonyl (C=O) groups excluding carboxylic acids is 1. The summed E-state index contributed by atoms with van der Waals surface area (Å²) in [5.74, 6) is -1.08. The topological polar surface area (TPSA) is 79.7 Å². The maximum absolute atomic E-state index is 12.8. The molecule has 2 aromatic carbocycles. The first-order chi connectivity index (χ1) is 16.1. The van der Waals surface area contributed by atoms with Gasteiger partial charge in [0.15, 0.2) is 0 Å². The van der Waals surface area contributed by atoms with Gasteiger partial charge in [-0.15, -0.1) is 0 Å². The number of amides is 1. The Bertz CT molecular complexity index is 1070. The molecule has 1 aromatic heterocycles. The van der Waals surface area contributed by atoms with E-state index in [4.69, 9.17) is 4.74 Å². The molecule has 0 fully saturated rings. The Morgan fingerprint density at radius 1 is 0.970 bits per heavy atom. The first-order valence-electron chi connectivity index (χ1n) is 11.3. The minimum absolute atomic E-state index is 0.0589. The van der Waals surface area contributed by atoms with E-state index in [9.17, 15) is 14.7 Å². The molecule has 0 unspecified atom stereocenters. The number of ether oxygens (including phenoxy) is 1. The average molecular weight is 445 g/mol. The third-order valence-corrected chi connectivity index (χ3v) is 6.26. The molecule has 1 aliphatic rings. The van der Waals surface area contributed by atoms with E-state index in [0.29, 0.717) is 12.8 Å². The number of unbranched alkanes of at least 4 members (excludes halogenated alkanes) is 1. The Balaban J connectivity index is 1.34. The van der Waals surface area contributed by atoms with Gasteiger partial charge in [0.25, 0.3) is 0 Å². The van der Waals surface area contributed by atoms with Gasteiger partial charge in [-0.05, 0) is 53.6 Å². The zero-order chi connectivity index (χ0) is 23.2. The molecule has 33 heavy (non-hydrogen) atoms. The van der Waals surface area contributed by atoms with Crippen LogP contribution in [0.4, 0.5) is 4.79 Å². The SMILES string of the molecule is CN(C(=O)OCC1c2ccccc2-c2ccccc21)[C@H](CCCCc1ccccn1)C(=O)O. The lowest BCUT2D eigenvalue weighted by molar-refractivity contribution is -0.142. The molecule has 1 amide bonds. The molecule has 6 heteroatoms. The fourth-order valence-corrected chi connectivity index (χ4v) is 4.50. The Hall–Kier alpha value is -3.67. The smallest absolute Gasteiger partial charge is 0.410 e. The van der Waals surface area contributed by atoms with Gasteiger partial charge >= 0.3 is 12.1 Å². The highest BCUT2D eigenvalue weighted by Crippen LogP contribution is 2.44. The summed E-state index contributed by atoms with van der Waals surface area (Å²) in [6, 6.07) is 21.1. The zero-order valence-electron chi connectivity index (χ0n) is 18.7. The van der Waals surface area contributed by atoms with Crippen LogP contribution in [0.1, 0.15) is 42.0 Å². The van der Waals surface area contributed by atoms with Crippen molar-refractivity contribution in [3.8, 4) is 11.1 Å². The lowest BCUT2D eigenvalue weighted by atomic mass is 9.98. The summed E-state index contributed by atoms with van der Waals surface area (Å²) in [5, 5.41) is 9.69. The Morgan fingerprint density at radius 3 is 2.21 bits per heavy atom. The molecule has 0 saturated heterocycles. The van der Waals surface area contributed by atoms with Crippen molar-refractivity contribution in [2.75, 3.05) is 13.7 Å². The van der Waals surface area contributed by atoms with Crippen molar-refractivity contribution in [1.29, 1.82) is 0 Å². The second-order valence-electron chi connectivity index (χ2n) is 8.34. The van der Waals surface area contributed by atoms with Crippen LogP contribution in [0.5, 0.6) is 0 Å². The van der Waals surface area contributed by atoms with E-state index < -0.39 is 18.1 Å². The predicted molar refractivity (Wildman–Crippen MR) is 126 cm³/mol. The summed E-state index contributed by atoms with van der Waals surface area (Å²) in [4.78, 5) is 30.1. The first-order valence-corrected chi connectivity index (χ1v) is 11.3. The molecule has 1 heterocycles. The van der Waals surface area contributed by atoms with Gasteiger partial charge in [0.2, 0.25) is 0 Å². The molecule has 0 radical (unpaired) electrons. The second kappa shape index (κ2) is 10.3. The molecule has 0 aliphatic heterocycles. The van der Waals surface area contributed by atoms with E-state index in [1.807, 2.05) is 42.5 Å². The highest BCUT2D eigenvalue weighted by Gasteiger charge is 2.31. The molecule has 0 bridgehead atoms. The highest BCUT2D eigenvalue weighted by atomic mass is 16.6. The van der Waals surface area contributed by atoms with E-state index in [1.165, 1.54) is 11.9 Å². The van der Waals surface area contributed by atoms with Crippen LogP contribution < -0.4 is 0 Å². The zero-order valence-corrected chi connectivity index (χ0v) is 18.7. The van der Waals surface area contributed by atoms with Crippen LogP contribution in [0.2, 0.25) is 0 Å². The molecular formula is C27H28N2O4. The van der Waals surface area contributed by atoms with Crippen LogP contribution in [0.15, 0.2) is 72.9 Å². The van der Waals surface area contributed by atoms with Crippen molar-refractivity contribution in [1.82, 2.24) is 9.88 Å². The molecule has 1 aliphatic carbocycles. The largest absolute Gasteiger partial charge is 0.480 e. The Morgan fingerprint density at radius 2 is 1.61 bits per heavy atom. The molecule has 3 aromatic rings. The lowest BCUT2D eigenvalue weighted by Crippen LogP contribution is -2.43. The Kier molecular flexibility index (Phi) is 7.03. The number of aryl methyl sites for hydroxylation is 1. The molecule has 0 saturated carbocycles. The van der Waals surface area contributed by atoms with E-state index >= 15 is 0 Å². The number of fused-ring (bicyclic) bond motifs is 3. The first kappa shape index (κ1) is 22.5. The average Bonchev–Trinajstić information content (AvgIpc) is 3.16. The summed E-state index contributed by atoms with van der Waals surface area (Å²) in [6.07, 6.45) is 3.76. The number of carbonyl (C=O) groups is 2. The number of likely N-dealkylation sites (N-methyl/N-ethyl adjacent to an activating group) is 1. The number of carboxylic acid groups (broad SMARTS) is 1. The van der Waals surface area contributed by atoms with E-state index in [0.717, 1.165) is 40.8 Å². The van der Waals surface area contributed by atoms with Gasteiger partial charge in [-0.25, -0.2) is 9.59 Å². The van der Waals surface area contributed by atoms with Crippen molar-refractivity contribution >= 4 is 12.1 Å². The standard InChI is InChI=1S/C27H28N2O4/c1-29(25(26(30)31)16-7-2-10-19-11-8-9-17-28-19)27(32)33-18-24-22-14-5-3-12-20(22)21-13-4-6-15-23(21)24/h3-6,8-9,11-15,17,24-25H,2,7,10,16,18H2,1H3,(H,30,31)/t25-/m1/s1. The maximum Gasteiger partial charge on any atom is 0.410 e. The van der Waals surface area contributed by atoms with Crippen LogP contribution in [0.25, 0.3) is 11.1 Å². The van der Waals surface area contributed by atoms with E-state index in [1.54, 1.807) is 6.20 Å². The van der Waals surface area contributed by atoms with Crippen molar-refractivity contribution in [2.24, 2.45) is 0 Å². The number of pyridine rings is 1. The quantitative estimate of drug-likeness (QED) is 0.463. The van der Waals surface area contributed by atoms with Crippen LogP contribution >= 0.6 is 0 Å². The molecule has 6 nitrogen and oxygen atoms in total. The summed E-state index contributed by atoms with van der Waals surface area (Å²) in [6.45, 7) is 0.170. The van der Waals surface area contributed by atoms with Crippen molar-refractivity contribution < 1.29 is 19.4 Å². The minimum Gasteiger partial charge on any atom is -0.480 e. The van der Waals surface area contributed by atoms with Gasteiger partial charge in [0.05, 0.1) is 0 Å². The lowest BCUT2D eigenvalue weighted by Gasteiger charge is -2.25. The Labute approximate surface area is 193 Å². The number of nitrogens with zero attached hydrogens (tertiary/aromatic N) is 2.